The molecule has 1 aromatic carbocycles. The maximum absolute atomic E-state index is 6.20. The van der Waals surface area contributed by atoms with Crippen molar-refractivity contribution in [3.63, 3.8) is 0 Å². The molecule has 1 aromatic rings. The van der Waals surface area contributed by atoms with Gasteiger partial charge in [0.25, 0.3) is 0 Å². The van der Waals surface area contributed by atoms with Gasteiger partial charge in [-0.1, -0.05) is 50.1 Å². The molecule has 0 heterocycles. The van der Waals surface area contributed by atoms with E-state index in [9.17, 15) is 0 Å². The molecular weight excluding hydrogens is 238 g/mol. The van der Waals surface area contributed by atoms with Crippen LogP contribution in [0.3, 0.4) is 0 Å². The van der Waals surface area contributed by atoms with Crippen LogP contribution in [-0.2, 0) is 0 Å². The molecular formula is C16H25NS. The van der Waals surface area contributed by atoms with E-state index in [0.717, 1.165) is 11.2 Å². The summed E-state index contributed by atoms with van der Waals surface area (Å²) >= 11 is 2.11. The number of benzene rings is 1. The number of hydrogen-bond acceptors (Lipinski definition) is 2. The molecule has 1 aliphatic rings. The first kappa shape index (κ1) is 14.0. The third-order valence-corrected chi connectivity index (χ3v) is 5.64. The van der Waals surface area contributed by atoms with Crippen LogP contribution in [0, 0.1) is 5.92 Å². The summed E-state index contributed by atoms with van der Waals surface area (Å²) in [6.45, 7) is 4.52. The van der Waals surface area contributed by atoms with Crippen LogP contribution < -0.4 is 5.73 Å². The van der Waals surface area contributed by atoms with Gasteiger partial charge in [0, 0.05) is 16.5 Å². The lowest BCUT2D eigenvalue weighted by Crippen LogP contribution is -2.26. The predicted octanol–water partition coefficient (Wildman–Crippen LogP) is 4.39. The van der Waals surface area contributed by atoms with Gasteiger partial charge in [0.15, 0.2) is 0 Å². The Kier molecular flexibility index (Phi) is 5.13. The Labute approximate surface area is 116 Å². The highest BCUT2D eigenvalue weighted by atomic mass is 32.2. The summed E-state index contributed by atoms with van der Waals surface area (Å²) in [6, 6.07) is 11.0. The lowest BCUT2D eigenvalue weighted by atomic mass is 9.90. The third kappa shape index (κ3) is 3.76. The molecule has 100 valence electrons. The summed E-state index contributed by atoms with van der Waals surface area (Å²) in [5.41, 5.74) is 7.58. The SMILES string of the molecule is CC1CCCC(SC(c2ccccc2)C(C)N)C1. The van der Waals surface area contributed by atoms with E-state index in [1.807, 2.05) is 0 Å². The van der Waals surface area contributed by atoms with Crippen molar-refractivity contribution in [1.29, 1.82) is 0 Å². The molecule has 1 aliphatic carbocycles. The first-order valence-corrected chi connectivity index (χ1v) is 8.07. The molecule has 0 aromatic heterocycles. The average molecular weight is 263 g/mol. The molecule has 2 N–H and O–H groups in total. The summed E-state index contributed by atoms with van der Waals surface area (Å²) in [5.74, 6) is 0.890. The van der Waals surface area contributed by atoms with Crippen LogP contribution >= 0.6 is 11.8 Å². The molecule has 1 fully saturated rings. The minimum absolute atomic E-state index is 0.217. The van der Waals surface area contributed by atoms with E-state index in [-0.39, 0.29) is 6.04 Å². The lowest BCUT2D eigenvalue weighted by molar-refractivity contribution is 0.393. The Bertz CT molecular complexity index is 349. The molecule has 0 spiro atoms. The van der Waals surface area contributed by atoms with Crippen molar-refractivity contribution in [3.05, 3.63) is 35.9 Å². The molecule has 2 rings (SSSR count). The molecule has 2 heteroatoms. The van der Waals surface area contributed by atoms with Gasteiger partial charge in [0.2, 0.25) is 0 Å². The van der Waals surface area contributed by atoms with Crippen LogP contribution in [-0.4, -0.2) is 11.3 Å². The summed E-state index contributed by atoms with van der Waals surface area (Å²) in [5, 5.41) is 1.24. The second-order valence-corrected chi connectivity index (χ2v) is 7.17. The van der Waals surface area contributed by atoms with E-state index >= 15 is 0 Å². The Hall–Kier alpha value is -0.470. The average Bonchev–Trinajstić information content (AvgIpc) is 2.37. The number of hydrogen-bond donors (Lipinski definition) is 1. The van der Waals surface area contributed by atoms with Crippen molar-refractivity contribution in [3.8, 4) is 0 Å². The van der Waals surface area contributed by atoms with Crippen LogP contribution in [0.15, 0.2) is 30.3 Å². The summed E-state index contributed by atoms with van der Waals surface area (Å²) in [6.07, 6.45) is 5.52. The predicted molar refractivity (Wildman–Crippen MR) is 81.8 cm³/mol. The van der Waals surface area contributed by atoms with Gasteiger partial charge in [-0.3, -0.25) is 0 Å². The minimum atomic E-state index is 0.217. The minimum Gasteiger partial charge on any atom is -0.327 e. The van der Waals surface area contributed by atoms with Crippen molar-refractivity contribution in [2.24, 2.45) is 11.7 Å². The zero-order valence-electron chi connectivity index (χ0n) is 11.5. The van der Waals surface area contributed by atoms with Crippen LogP contribution in [0.4, 0.5) is 0 Å². The van der Waals surface area contributed by atoms with Crippen LogP contribution in [0.5, 0.6) is 0 Å². The van der Waals surface area contributed by atoms with E-state index < -0.39 is 0 Å². The highest BCUT2D eigenvalue weighted by Crippen LogP contribution is 2.41. The van der Waals surface area contributed by atoms with Crippen molar-refractivity contribution < 1.29 is 0 Å². The fourth-order valence-corrected chi connectivity index (χ4v) is 4.58. The maximum Gasteiger partial charge on any atom is 0.0448 e. The fraction of sp³-hybridized carbons (Fsp3) is 0.625. The second-order valence-electron chi connectivity index (χ2n) is 5.72. The smallest absolute Gasteiger partial charge is 0.0448 e. The van der Waals surface area contributed by atoms with Gasteiger partial charge in [0.1, 0.15) is 0 Å². The molecule has 4 atom stereocenters. The monoisotopic (exact) mass is 263 g/mol. The third-order valence-electron chi connectivity index (χ3n) is 3.83. The van der Waals surface area contributed by atoms with Crippen molar-refractivity contribution in [2.75, 3.05) is 0 Å². The quantitative estimate of drug-likeness (QED) is 0.872. The van der Waals surface area contributed by atoms with Gasteiger partial charge < -0.3 is 5.73 Å². The van der Waals surface area contributed by atoms with E-state index in [1.165, 1.54) is 31.2 Å². The molecule has 0 amide bonds. The van der Waals surface area contributed by atoms with Gasteiger partial charge in [-0.05, 0) is 31.2 Å². The Morgan fingerprint density at radius 3 is 2.56 bits per heavy atom. The molecule has 1 saturated carbocycles. The van der Waals surface area contributed by atoms with Crippen molar-refractivity contribution in [1.82, 2.24) is 0 Å². The van der Waals surface area contributed by atoms with Crippen LogP contribution in [0.2, 0.25) is 0 Å². The van der Waals surface area contributed by atoms with E-state index in [1.54, 1.807) is 0 Å². The topological polar surface area (TPSA) is 26.0 Å². The van der Waals surface area contributed by atoms with E-state index in [0.29, 0.717) is 5.25 Å². The van der Waals surface area contributed by atoms with Gasteiger partial charge in [-0.2, -0.15) is 0 Å². The first-order chi connectivity index (χ1) is 8.66. The van der Waals surface area contributed by atoms with Crippen LogP contribution in [0.1, 0.15) is 50.3 Å². The maximum atomic E-state index is 6.20. The highest BCUT2D eigenvalue weighted by molar-refractivity contribution is 8.00. The largest absolute Gasteiger partial charge is 0.327 e. The fourth-order valence-electron chi connectivity index (χ4n) is 2.86. The highest BCUT2D eigenvalue weighted by Gasteiger charge is 2.25. The van der Waals surface area contributed by atoms with Gasteiger partial charge >= 0.3 is 0 Å². The zero-order valence-corrected chi connectivity index (χ0v) is 12.3. The van der Waals surface area contributed by atoms with E-state index in [2.05, 4.69) is 55.9 Å². The number of nitrogens with two attached hydrogens (primary N) is 1. The van der Waals surface area contributed by atoms with Crippen molar-refractivity contribution in [2.45, 2.75) is 56.1 Å². The number of rotatable bonds is 4. The molecule has 18 heavy (non-hydrogen) atoms. The van der Waals surface area contributed by atoms with E-state index in [4.69, 9.17) is 5.73 Å². The lowest BCUT2D eigenvalue weighted by Gasteiger charge is -2.31. The van der Waals surface area contributed by atoms with Gasteiger partial charge in [-0.25, -0.2) is 0 Å². The summed E-state index contributed by atoms with van der Waals surface area (Å²) in [4.78, 5) is 0. The Balaban J connectivity index is 2.03. The van der Waals surface area contributed by atoms with Crippen molar-refractivity contribution >= 4 is 11.8 Å². The van der Waals surface area contributed by atoms with Gasteiger partial charge in [-0.15, -0.1) is 11.8 Å². The normalized spacial score (nSPS) is 27.7. The van der Waals surface area contributed by atoms with Gasteiger partial charge in [0.05, 0.1) is 0 Å². The summed E-state index contributed by atoms with van der Waals surface area (Å²) in [7, 11) is 0. The molecule has 1 nitrogen and oxygen atoms in total. The molecule has 4 unspecified atom stereocenters. The number of thioether (sulfide) groups is 1. The second kappa shape index (κ2) is 6.63. The Morgan fingerprint density at radius 2 is 1.94 bits per heavy atom. The zero-order chi connectivity index (χ0) is 13.0. The molecule has 0 bridgehead atoms. The molecule has 0 radical (unpaired) electrons. The first-order valence-electron chi connectivity index (χ1n) is 7.13. The molecule has 0 aliphatic heterocycles. The standard InChI is InChI=1S/C16H25NS/c1-12-7-6-10-15(11-12)18-16(13(2)17)14-8-4-3-5-9-14/h3-5,8-9,12-13,15-16H,6-7,10-11,17H2,1-2H3. The Morgan fingerprint density at radius 1 is 1.22 bits per heavy atom. The van der Waals surface area contributed by atoms with Crippen LogP contribution in [0.25, 0.3) is 0 Å². The summed E-state index contributed by atoms with van der Waals surface area (Å²) < 4.78 is 0. The molecule has 0 saturated heterocycles.